The molecular formula is C12H18N2O3S2. The third-order valence-corrected chi connectivity index (χ3v) is 6.79. The van der Waals surface area contributed by atoms with E-state index in [-0.39, 0.29) is 5.75 Å². The molecule has 0 fully saturated rings. The maximum Gasteiger partial charge on any atom is 0.259 e. The number of nitrogens with two attached hydrogens (primary N) is 1. The van der Waals surface area contributed by atoms with Gasteiger partial charge in [0.1, 0.15) is 0 Å². The highest BCUT2D eigenvalue weighted by molar-refractivity contribution is 7.89. The van der Waals surface area contributed by atoms with Gasteiger partial charge in [-0.3, -0.25) is 4.79 Å². The first-order chi connectivity index (χ1) is 8.86. The average Bonchev–Trinajstić information content (AvgIpc) is 2.66. The number of hydrogen-bond acceptors (Lipinski definition) is 4. The van der Waals surface area contributed by atoms with Gasteiger partial charge in [-0.2, -0.15) is 4.31 Å². The molecule has 0 aromatic carbocycles. The lowest BCUT2D eigenvalue weighted by molar-refractivity contribution is 0.100. The van der Waals surface area contributed by atoms with Crippen LogP contribution in [-0.4, -0.2) is 30.9 Å². The Balaban J connectivity index is 2.32. The summed E-state index contributed by atoms with van der Waals surface area (Å²) < 4.78 is 25.7. The molecule has 0 aliphatic carbocycles. The SMILES string of the molecule is CCCS(=O)(=O)N1CCc2sc(C(N)=O)c(C)c2C1. The van der Waals surface area contributed by atoms with E-state index in [1.807, 2.05) is 13.8 Å². The first kappa shape index (κ1) is 14.5. The van der Waals surface area contributed by atoms with Gasteiger partial charge in [0.15, 0.2) is 0 Å². The lowest BCUT2D eigenvalue weighted by atomic mass is 10.1. The molecule has 0 bridgehead atoms. The van der Waals surface area contributed by atoms with Crippen LogP contribution in [-0.2, 0) is 23.0 Å². The third-order valence-electron chi connectivity index (χ3n) is 3.36. The highest BCUT2D eigenvalue weighted by atomic mass is 32.2. The summed E-state index contributed by atoms with van der Waals surface area (Å²) in [5, 5.41) is 0. The van der Waals surface area contributed by atoms with Crippen LogP contribution in [0.25, 0.3) is 0 Å². The summed E-state index contributed by atoms with van der Waals surface area (Å²) >= 11 is 1.40. The predicted molar refractivity (Wildman–Crippen MR) is 75.8 cm³/mol. The van der Waals surface area contributed by atoms with Crippen molar-refractivity contribution in [1.82, 2.24) is 4.31 Å². The van der Waals surface area contributed by atoms with Crippen LogP contribution >= 0.6 is 11.3 Å². The molecule has 1 aromatic rings. The van der Waals surface area contributed by atoms with Crippen LogP contribution in [0.1, 0.15) is 39.0 Å². The molecule has 7 heteroatoms. The van der Waals surface area contributed by atoms with Crippen LogP contribution in [0.5, 0.6) is 0 Å². The van der Waals surface area contributed by atoms with E-state index in [4.69, 9.17) is 5.73 Å². The maximum atomic E-state index is 12.1. The number of rotatable bonds is 4. The van der Waals surface area contributed by atoms with Gasteiger partial charge < -0.3 is 5.73 Å². The van der Waals surface area contributed by atoms with Crippen LogP contribution < -0.4 is 5.73 Å². The second-order valence-corrected chi connectivity index (χ2v) is 7.92. The Hall–Kier alpha value is -0.920. The summed E-state index contributed by atoms with van der Waals surface area (Å²) in [6.45, 7) is 4.56. The Labute approximate surface area is 117 Å². The molecule has 0 unspecified atom stereocenters. The van der Waals surface area contributed by atoms with Crippen molar-refractivity contribution in [1.29, 1.82) is 0 Å². The summed E-state index contributed by atoms with van der Waals surface area (Å²) in [4.78, 5) is 13.0. The quantitative estimate of drug-likeness (QED) is 0.909. The largest absolute Gasteiger partial charge is 0.365 e. The van der Waals surface area contributed by atoms with E-state index in [2.05, 4.69) is 0 Å². The normalized spacial score (nSPS) is 16.3. The van der Waals surface area contributed by atoms with Crippen molar-refractivity contribution in [2.24, 2.45) is 5.73 Å². The van der Waals surface area contributed by atoms with Gasteiger partial charge in [0.05, 0.1) is 10.6 Å². The van der Waals surface area contributed by atoms with Crippen molar-refractivity contribution in [3.63, 3.8) is 0 Å². The number of amides is 1. The van der Waals surface area contributed by atoms with Gasteiger partial charge in [0.25, 0.3) is 5.91 Å². The Kier molecular flexibility index (Phi) is 3.98. The number of fused-ring (bicyclic) bond motifs is 1. The molecule has 1 aliphatic rings. The molecule has 1 amide bonds. The fourth-order valence-corrected chi connectivity index (χ4v) is 4.98. The fourth-order valence-electron chi connectivity index (χ4n) is 2.36. The van der Waals surface area contributed by atoms with Crippen molar-refractivity contribution in [3.05, 3.63) is 20.9 Å². The monoisotopic (exact) mass is 302 g/mol. The second-order valence-electron chi connectivity index (χ2n) is 4.72. The molecule has 19 heavy (non-hydrogen) atoms. The summed E-state index contributed by atoms with van der Waals surface area (Å²) in [6, 6.07) is 0. The zero-order valence-electron chi connectivity index (χ0n) is 11.1. The van der Waals surface area contributed by atoms with E-state index in [1.165, 1.54) is 15.6 Å². The van der Waals surface area contributed by atoms with Crippen LogP contribution in [0.4, 0.5) is 0 Å². The number of carbonyl (C=O) groups is 1. The zero-order chi connectivity index (χ0) is 14.2. The van der Waals surface area contributed by atoms with Gasteiger partial charge in [-0.05, 0) is 30.9 Å². The van der Waals surface area contributed by atoms with Crippen molar-refractivity contribution in [3.8, 4) is 0 Å². The van der Waals surface area contributed by atoms with E-state index in [0.717, 1.165) is 16.0 Å². The summed E-state index contributed by atoms with van der Waals surface area (Å²) in [6.07, 6.45) is 1.28. The number of primary amides is 1. The van der Waals surface area contributed by atoms with E-state index >= 15 is 0 Å². The second kappa shape index (κ2) is 5.22. The first-order valence-corrected chi connectivity index (χ1v) is 8.68. The number of nitrogens with zero attached hydrogens (tertiary/aromatic N) is 1. The van der Waals surface area contributed by atoms with Gasteiger partial charge >= 0.3 is 0 Å². The molecule has 2 heterocycles. The van der Waals surface area contributed by atoms with Crippen LogP contribution in [0.2, 0.25) is 0 Å². The number of hydrogen-bond donors (Lipinski definition) is 1. The van der Waals surface area contributed by atoms with Crippen molar-refractivity contribution < 1.29 is 13.2 Å². The van der Waals surface area contributed by atoms with E-state index in [0.29, 0.717) is 30.8 Å². The van der Waals surface area contributed by atoms with Crippen molar-refractivity contribution in [2.75, 3.05) is 12.3 Å². The summed E-state index contributed by atoms with van der Waals surface area (Å²) in [7, 11) is -3.18. The molecule has 0 radical (unpaired) electrons. The van der Waals surface area contributed by atoms with Crippen LogP contribution in [0.15, 0.2) is 0 Å². The van der Waals surface area contributed by atoms with Gasteiger partial charge in [-0.25, -0.2) is 8.42 Å². The minimum Gasteiger partial charge on any atom is -0.365 e. The molecule has 1 aromatic heterocycles. The van der Waals surface area contributed by atoms with E-state index in [1.54, 1.807) is 0 Å². The minimum absolute atomic E-state index is 0.175. The minimum atomic E-state index is -3.18. The number of thiophene rings is 1. The molecule has 2 rings (SSSR count). The Morgan fingerprint density at radius 3 is 2.74 bits per heavy atom. The first-order valence-electron chi connectivity index (χ1n) is 6.25. The van der Waals surface area contributed by atoms with Gasteiger partial charge in [0, 0.05) is 18.0 Å². The Morgan fingerprint density at radius 2 is 2.16 bits per heavy atom. The molecule has 0 saturated carbocycles. The van der Waals surface area contributed by atoms with E-state index in [9.17, 15) is 13.2 Å². The topological polar surface area (TPSA) is 80.5 Å². The smallest absolute Gasteiger partial charge is 0.259 e. The molecular weight excluding hydrogens is 284 g/mol. The molecule has 106 valence electrons. The lowest BCUT2D eigenvalue weighted by Gasteiger charge is -2.26. The standard InChI is InChI=1S/C12H18N2O3S2/c1-3-6-19(16,17)14-5-4-10-9(7-14)8(2)11(18-10)12(13)15/h3-7H2,1-2H3,(H2,13,15). The third kappa shape index (κ3) is 2.68. The molecule has 0 atom stereocenters. The molecule has 0 spiro atoms. The van der Waals surface area contributed by atoms with Gasteiger partial charge in [-0.15, -0.1) is 11.3 Å². The zero-order valence-corrected chi connectivity index (χ0v) is 12.7. The maximum absolute atomic E-state index is 12.1. The average molecular weight is 302 g/mol. The molecule has 2 N–H and O–H groups in total. The highest BCUT2D eigenvalue weighted by Gasteiger charge is 2.29. The Bertz CT molecular complexity index is 605. The summed E-state index contributed by atoms with van der Waals surface area (Å²) in [5.41, 5.74) is 7.13. The number of carbonyl (C=O) groups excluding carboxylic acids is 1. The highest BCUT2D eigenvalue weighted by Crippen LogP contribution is 2.33. The molecule has 5 nitrogen and oxygen atoms in total. The van der Waals surface area contributed by atoms with E-state index < -0.39 is 15.9 Å². The van der Waals surface area contributed by atoms with Crippen molar-refractivity contribution >= 4 is 27.3 Å². The summed E-state index contributed by atoms with van der Waals surface area (Å²) in [5.74, 6) is -0.256. The number of sulfonamides is 1. The Morgan fingerprint density at radius 1 is 1.47 bits per heavy atom. The molecule has 0 saturated heterocycles. The van der Waals surface area contributed by atoms with Crippen LogP contribution in [0.3, 0.4) is 0 Å². The van der Waals surface area contributed by atoms with Crippen molar-refractivity contribution in [2.45, 2.75) is 33.2 Å². The van der Waals surface area contributed by atoms with Gasteiger partial charge in [0.2, 0.25) is 10.0 Å². The molecule has 1 aliphatic heterocycles. The fraction of sp³-hybridized carbons (Fsp3) is 0.583. The lowest BCUT2D eigenvalue weighted by Crippen LogP contribution is -2.37. The van der Waals surface area contributed by atoms with Gasteiger partial charge in [-0.1, -0.05) is 6.92 Å². The predicted octanol–water partition coefficient (Wildman–Crippen LogP) is 1.25. The van der Waals surface area contributed by atoms with Crippen LogP contribution in [0, 0.1) is 6.92 Å².